The van der Waals surface area contributed by atoms with Crippen LogP contribution in [0, 0.1) is 0 Å². The predicted octanol–water partition coefficient (Wildman–Crippen LogP) is 2.52. The molecular weight excluding hydrogens is 374 g/mol. The van der Waals surface area contributed by atoms with E-state index >= 15 is 0 Å². The average molecular weight is 401 g/mol. The van der Waals surface area contributed by atoms with Gasteiger partial charge < -0.3 is 15.0 Å². The van der Waals surface area contributed by atoms with E-state index in [9.17, 15) is 19.2 Å². The lowest BCUT2D eigenvalue weighted by Crippen LogP contribution is -2.48. The van der Waals surface area contributed by atoms with E-state index in [0.29, 0.717) is 13.0 Å². The summed E-state index contributed by atoms with van der Waals surface area (Å²) in [4.78, 5) is 49.8. The molecule has 0 aromatic heterocycles. The maximum absolute atomic E-state index is 12.3. The van der Waals surface area contributed by atoms with Gasteiger partial charge in [-0.3, -0.25) is 14.9 Å². The molecule has 1 aliphatic carbocycles. The Hall–Kier alpha value is -2.90. The highest BCUT2D eigenvalue weighted by Gasteiger charge is 2.24. The molecule has 1 heterocycles. The maximum atomic E-state index is 12.3. The van der Waals surface area contributed by atoms with Crippen LogP contribution in [0.5, 0.6) is 0 Å². The number of rotatable bonds is 5. The van der Waals surface area contributed by atoms with E-state index in [1.807, 2.05) is 0 Å². The minimum Gasteiger partial charge on any atom is -0.449 e. The molecular formula is C21H27N3O5. The molecule has 8 heteroatoms. The lowest BCUT2D eigenvalue weighted by molar-refractivity contribution is -0.128. The Labute approximate surface area is 170 Å². The molecule has 2 fully saturated rings. The van der Waals surface area contributed by atoms with E-state index in [-0.39, 0.29) is 17.5 Å². The Morgan fingerprint density at radius 1 is 1.07 bits per heavy atom. The Kier molecular flexibility index (Phi) is 6.85. The fourth-order valence-corrected chi connectivity index (χ4v) is 3.66. The molecule has 0 bridgehead atoms. The fraction of sp³-hybridized carbons (Fsp3) is 0.524. The monoisotopic (exact) mass is 401 g/mol. The van der Waals surface area contributed by atoms with Crippen LogP contribution in [-0.4, -0.2) is 42.5 Å². The maximum Gasteiger partial charge on any atom is 0.338 e. The van der Waals surface area contributed by atoms with Gasteiger partial charge in [-0.2, -0.15) is 0 Å². The number of imide groups is 1. The quantitative estimate of drug-likeness (QED) is 0.738. The second-order valence-electron chi connectivity index (χ2n) is 7.54. The zero-order chi connectivity index (χ0) is 20.8. The van der Waals surface area contributed by atoms with Crippen LogP contribution in [0.3, 0.4) is 0 Å². The molecule has 29 heavy (non-hydrogen) atoms. The number of nitrogens with one attached hydrogen (secondary N) is 2. The minimum atomic E-state index is -1.11. The van der Waals surface area contributed by atoms with Crippen LogP contribution >= 0.6 is 0 Å². The summed E-state index contributed by atoms with van der Waals surface area (Å²) in [5.41, 5.74) is 1.00. The van der Waals surface area contributed by atoms with Gasteiger partial charge in [0.15, 0.2) is 6.10 Å². The highest BCUT2D eigenvalue weighted by molar-refractivity contribution is 5.99. The molecule has 0 radical (unpaired) electrons. The van der Waals surface area contributed by atoms with Gasteiger partial charge in [0.1, 0.15) is 0 Å². The lowest BCUT2D eigenvalue weighted by Gasteiger charge is -2.23. The summed E-state index contributed by atoms with van der Waals surface area (Å²) in [5, 5.41) is 5.01. The molecule has 0 unspecified atom stereocenters. The molecule has 0 spiro atoms. The zero-order valence-electron chi connectivity index (χ0n) is 16.6. The normalized spacial score (nSPS) is 18.2. The van der Waals surface area contributed by atoms with Crippen LogP contribution in [0.2, 0.25) is 0 Å². The first-order chi connectivity index (χ1) is 13.9. The van der Waals surface area contributed by atoms with Crippen molar-refractivity contribution < 1.29 is 23.9 Å². The molecule has 1 aromatic carbocycles. The number of nitrogens with zero attached hydrogens (tertiary/aromatic N) is 1. The van der Waals surface area contributed by atoms with Gasteiger partial charge in [0.25, 0.3) is 5.91 Å². The van der Waals surface area contributed by atoms with Gasteiger partial charge in [-0.05, 0) is 50.5 Å². The third-order valence-corrected chi connectivity index (χ3v) is 5.32. The van der Waals surface area contributed by atoms with Crippen LogP contribution in [-0.2, 0) is 14.3 Å². The van der Waals surface area contributed by atoms with Crippen LogP contribution in [0.1, 0.15) is 62.2 Å². The molecule has 2 aliphatic rings. The summed E-state index contributed by atoms with van der Waals surface area (Å²) in [6.45, 7) is 2.08. The summed E-state index contributed by atoms with van der Waals surface area (Å²) in [6, 6.07) is 6.00. The van der Waals surface area contributed by atoms with Crippen molar-refractivity contribution in [1.82, 2.24) is 10.6 Å². The zero-order valence-corrected chi connectivity index (χ0v) is 16.6. The molecule has 1 aliphatic heterocycles. The van der Waals surface area contributed by atoms with Crippen molar-refractivity contribution in [1.29, 1.82) is 0 Å². The van der Waals surface area contributed by atoms with E-state index in [4.69, 9.17) is 4.74 Å². The molecule has 1 saturated carbocycles. The molecule has 1 atom stereocenters. The second-order valence-corrected chi connectivity index (χ2v) is 7.54. The van der Waals surface area contributed by atoms with E-state index in [2.05, 4.69) is 10.6 Å². The average Bonchev–Trinajstić information content (AvgIpc) is 3.14. The van der Waals surface area contributed by atoms with E-state index < -0.39 is 24.0 Å². The molecule has 2 N–H and O–H groups in total. The van der Waals surface area contributed by atoms with Gasteiger partial charge >= 0.3 is 12.0 Å². The van der Waals surface area contributed by atoms with Crippen LogP contribution in [0.15, 0.2) is 24.3 Å². The van der Waals surface area contributed by atoms with Gasteiger partial charge in [-0.25, -0.2) is 9.59 Å². The van der Waals surface area contributed by atoms with Crippen molar-refractivity contribution in [2.75, 3.05) is 11.4 Å². The van der Waals surface area contributed by atoms with Crippen LogP contribution in [0.4, 0.5) is 10.5 Å². The second kappa shape index (κ2) is 9.54. The summed E-state index contributed by atoms with van der Waals surface area (Å²) in [6.07, 6.45) is 5.36. The molecule has 156 valence electrons. The first-order valence-electron chi connectivity index (χ1n) is 10.2. The van der Waals surface area contributed by atoms with Crippen molar-refractivity contribution in [3.8, 4) is 0 Å². The van der Waals surface area contributed by atoms with Crippen molar-refractivity contribution in [2.45, 2.75) is 64.0 Å². The predicted molar refractivity (Wildman–Crippen MR) is 106 cm³/mol. The Balaban J connectivity index is 1.48. The topological polar surface area (TPSA) is 105 Å². The van der Waals surface area contributed by atoms with Gasteiger partial charge in [0, 0.05) is 24.7 Å². The number of carbonyl (C=O) groups is 4. The summed E-state index contributed by atoms with van der Waals surface area (Å²) in [5.74, 6) is -1.28. The van der Waals surface area contributed by atoms with E-state index in [0.717, 1.165) is 37.8 Å². The van der Waals surface area contributed by atoms with Gasteiger partial charge in [-0.15, -0.1) is 0 Å². The molecule has 1 aromatic rings. The number of amides is 4. The lowest BCUT2D eigenvalue weighted by atomic mass is 9.96. The number of ether oxygens (including phenoxy) is 1. The minimum absolute atomic E-state index is 0.0668. The summed E-state index contributed by atoms with van der Waals surface area (Å²) < 4.78 is 5.16. The Morgan fingerprint density at radius 2 is 1.76 bits per heavy atom. The number of urea groups is 1. The fourth-order valence-electron chi connectivity index (χ4n) is 3.66. The standard InChI is InChI=1S/C21H27N3O5/c1-14(19(26)23-21(28)22-16-6-3-2-4-7-16)29-20(27)15-9-11-17(12-10-15)24-13-5-8-18(24)25/h9-12,14,16H,2-8,13H2,1H3,(H2,22,23,26,28)/t14-/m0/s1. The number of carbonyl (C=O) groups excluding carboxylic acids is 4. The van der Waals surface area contributed by atoms with Crippen molar-refractivity contribution in [3.05, 3.63) is 29.8 Å². The number of hydrogen-bond acceptors (Lipinski definition) is 5. The third kappa shape index (κ3) is 5.56. The van der Waals surface area contributed by atoms with Crippen LogP contribution in [0.25, 0.3) is 0 Å². The SMILES string of the molecule is C[C@H](OC(=O)c1ccc(N2CCCC2=O)cc1)C(=O)NC(=O)NC1CCCCC1. The first kappa shape index (κ1) is 20.8. The van der Waals surface area contributed by atoms with E-state index in [1.165, 1.54) is 13.3 Å². The van der Waals surface area contributed by atoms with Gasteiger partial charge in [-0.1, -0.05) is 19.3 Å². The Morgan fingerprint density at radius 3 is 2.38 bits per heavy atom. The van der Waals surface area contributed by atoms with Crippen LogP contribution < -0.4 is 15.5 Å². The van der Waals surface area contributed by atoms with E-state index in [1.54, 1.807) is 29.2 Å². The van der Waals surface area contributed by atoms with Gasteiger partial charge in [0.05, 0.1) is 5.56 Å². The Bertz CT molecular complexity index is 771. The molecule has 8 nitrogen and oxygen atoms in total. The molecule has 3 rings (SSSR count). The smallest absolute Gasteiger partial charge is 0.338 e. The molecule has 4 amide bonds. The first-order valence-corrected chi connectivity index (χ1v) is 10.2. The third-order valence-electron chi connectivity index (χ3n) is 5.32. The van der Waals surface area contributed by atoms with Crippen molar-refractivity contribution in [3.63, 3.8) is 0 Å². The highest BCUT2D eigenvalue weighted by atomic mass is 16.5. The number of hydrogen-bond donors (Lipinski definition) is 2. The molecule has 1 saturated heterocycles. The van der Waals surface area contributed by atoms with Crippen molar-refractivity contribution in [2.24, 2.45) is 0 Å². The van der Waals surface area contributed by atoms with Crippen molar-refractivity contribution >= 4 is 29.5 Å². The number of benzene rings is 1. The number of anilines is 1. The highest BCUT2D eigenvalue weighted by Crippen LogP contribution is 2.22. The summed E-state index contributed by atoms with van der Waals surface area (Å²) >= 11 is 0. The summed E-state index contributed by atoms with van der Waals surface area (Å²) in [7, 11) is 0. The largest absolute Gasteiger partial charge is 0.449 e. The number of esters is 1. The van der Waals surface area contributed by atoms with Gasteiger partial charge in [0.2, 0.25) is 5.91 Å².